The Morgan fingerprint density at radius 3 is 2.19 bits per heavy atom. The summed E-state index contributed by atoms with van der Waals surface area (Å²) in [6.45, 7) is 3.62. The number of benzene rings is 1. The number of anilines is 1. The fourth-order valence-corrected chi connectivity index (χ4v) is 4.57. The van der Waals surface area contributed by atoms with Crippen molar-refractivity contribution in [3.63, 3.8) is 0 Å². The highest BCUT2D eigenvalue weighted by Gasteiger charge is 2.14. The van der Waals surface area contributed by atoms with Crippen LogP contribution in [0.25, 0.3) is 0 Å². The highest BCUT2D eigenvalue weighted by atomic mass is 32.2. The van der Waals surface area contributed by atoms with Crippen LogP contribution in [0.5, 0.6) is 0 Å². The van der Waals surface area contributed by atoms with Crippen LogP contribution < -0.4 is 5.32 Å². The fraction of sp³-hybridized carbons (Fsp3) is 0.636. The Bertz CT molecular complexity index is 810. The zero-order valence-electron chi connectivity index (χ0n) is 18.4. The lowest BCUT2D eigenvalue weighted by Gasteiger charge is -2.13. The number of thioether (sulfide) groups is 1. The minimum atomic E-state index is -3.84. The van der Waals surface area contributed by atoms with E-state index in [4.69, 9.17) is 9.66 Å². The van der Waals surface area contributed by atoms with Crippen LogP contribution in [0.4, 0.5) is 5.69 Å². The van der Waals surface area contributed by atoms with Crippen LogP contribution in [0.15, 0.2) is 23.1 Å². The summed E-state index contributed by atoms with van der Waals surface area (Å²) < 4.78 is 29.9. The summed E-state index contributed by atoms with van der Waals surface area (Å²) in [7, 11) is -3.84. The fourth-order valence-electron chi connectivity index (χ4n) is 3.00. The van der Waals surface area contributed by atoms with Gasteiger partial charge in [-0.15, -0.1) is 11.8 Å². The Kier molecular flexibility index (Phi) is 12.8. The molecule has 0 saturated carbocycles. The van der Waals surface area contributed by atoms with E-state index in [-0.39, 0.29) is 11.7 Å². The minimum Gasteiger partial charge on any atom is -0.481 e. The predicted octanol–water partition coefficient (Wildman–Crippen LogP) is 5.15. The standard InChI is InChI=1S/C22H35NO6S2/c1-17-12-13-20(30-16-18(2)22(25)26)19(15-17)23-21(24)11-9-7-5-3-4-6-8-10-14-31(27,28)29/h12-13,15,18H,3-11,14,16H2,1-2H3,(H,23,24)(H,25,26)(H,27,28,29). The second-order valence-electron chi connectivity index (χ2n) is 7.96. The van der Waals surface area contributed by atoms with E-state index < -0.39 is 22.0 Å². The van der Waals surface area contributed by atoms with Crippen LogP contribution >= 0.6 is 11.8 Å². The van der Waals surface area contributed by atoms with Crippen molar-refractivity contribution in [2.75, 3.05) is 16.8 Å². The number of nitrogens with one attached hydrogen (secondary N) is 1. The molecular formula is C22H35NO6S2. The van der Waals surface area contributed by atoms with Crippen LogP contribution in [0, 0.1) is 12.8 Å². The second kappa shape index (κ2) is 14.5. The van der Waals surface area contributed by atoms with Gasteiger partial charge >= 0.3 is 5.97 Å². The number of hydrogen-bond acceptors (Lipinski definition) is 5. The summed E-state index contributed by atoms with van der Waals surface area (Å²) in [6.07, 6.45) is 7.55. The van der Waals surface area contributed by atoms with Crippen LogP contribution in [-0.4, -0.2) is 41.5 Å². The first-order valence-corrected chi connectivity index (χ1v) is 13.4. The summed E-state index contributed by atoms with van der Waals surface area (Å²) in [4.78, 5) is 24.2. The van der Waals surface area contributed by atoms with Gasteiger partial charge in [-0.1, -0.05) is 51.5 Å². The van der Waals surface area contributed by atoms with Crippen LogP contribution in [0.3, 0.4) is 0 Å². The SMILES string of the molecule is Cc1ccc(SCC(C)C(=O)O)c(NC(=O)CCCCCCCCCCS(=O)(=O)O)c1. The van der Waals surface area contributed by atoms with Gasteiger partial charge in [-0.2, -0.15) is 8.42 Å². The lowest BCUT2D eigenvalue weighted by Crippen LogP contribution is -2.13. The molecule has 1 aromatic rings. The topological polar surface area (TPSA) is 121 Å². The summed E-state index contributed by atoms with van der Waals surface area (Å²) in [5.41, 5.74) is 1.76. The lowest BCUT2D eigenvalue weighted by molar-refractivity contribution is -0.140. The molecule has 0 saturated heterocycles. The Hall–Kier alpha value is -1.58. The highest BCUT2D eigenvalue weighted by molar-refractivity contribution is 7.99. The van der Waals surface area contributed by atoms with Crippen molar-refractivity contribution in [2.24, 2.45) is 5.92 Å². The number of hydrogen-bond donors (Lipinski definition) is 3. The van der Waals surface area contributed by atoms with E-state index >= 15 is 0 Å². The molecule has 7 nitrogen and oxygen atoms in total. The van der Waals surface area contributed by atoms with Gasteiger partial charge in [0, 0.05) is 17.1 Å². The first-order valence-electron chi connectivity index (χ1n) is 10.8. The summed E-state index contributed by atoms with van der Waals surface area (Å²) in [6, 6.07) is 5.78. The third kappa shape index (κ3) is 13.4. The summed E-state index contributed by atoms with van der Waals surface area (Å²) in [5, 5.41) is 12.0. The molecule has 0 aromatic heterocycles. The molecule has 0 spiro atoms. The number of carbonyl (C=O) groups is 2. The van der Waals surface area contributed by atoms with Crippen molar-refractivity contribution >= 4 is 39.4 Å². The number of carboxylic acids is 1. The maximum Gasteiger partial charge on any atom is 0.307 e. The van der Waals surface area contributed by atoms with Crippen molar-refractivity contribution in [1.82, 2.24) is 0 Å². The van der Waals surface area contributed by atoms with Crippen LogP contribution in [-0.2, 0) is 19.7 Å². The van der Waals surface area contributed by atoms with E-state index in [1.807, 2.05) is 25.1 Å². The number of amides is 1. The monoisotopic (exact) mass is 473 g/mol. The largest absolute Gasteiger partial charge is 0.481 e. The molecule has 1 aromatic carbocycles. The summed E-state index contributed by atoms with van der Waals surface area (Å²) >= 11 is 1.44. The minimum absolute atomic E-state index is 0.0380. The molecule has 31 heavy (non-hydrogen) atoms. The van der Waals surface area contributed by atoms with Crippen molar-refractivity contribution in [1.29, 1.82) is 0 Å². The maximum absolute atomic E-state index is 12.3. The van der Waals surface area contributed by atoms with Gasteiger partial charge in [0.05, 0.1) is 17.4 Å². The van der Waals surface area contributed by atoms with E-state index in [1.54, 1.807) is 6.92 Å². The molecule has 1 atom stereocenters. The predicted molar refractivity (Wildman–Crippen MR) is 125 cm³/mol. The van der Waals surface area contributed by atoms with Crippen molar-refractivity contribution in [3.8, 4) is 0 Å². The molecule has 0 radical (unpaired) electrons. The molecular weight excluding hydrogens is 438 g/mol. The van der Waals surface area contributed by atoms with Crippen molar-refractivity contribution < 1.29 is 27.7 Å². The number of aryl methyl sites for hydroxylation is 1. The first kappa shape index (κ1) is 27.5. The van der Waals surface area contributed by atoms with E-state index in [2.05, 4.69) is 5.32 Å². The summed E-state index contributed by atoms with van der Waals surface area (Å²) in [5.74, 6) is -1.05. The third-order valence-electron chi connectivity index (χ3n) is 4.88. The maximum atomic E-state index is 12.3. The average Bonchev–Trinajstić information content (AvgIpc) is 2.67. The normalized spacial score (nSPS) is 12.5. The molecule has 176 valence electrons. The van der Waals surface area contributed by atoms with Gasteiger partial charge in [0.1, 0.15) is 0 Å². The van der Waals surface area contributed by atoms with E-state index in [0.717, 1.165) is 61.1 Å². The Morgan fingerprint density at radius 2 is 1.61 bits per heavy atom. The van der Waals surface area contributed by atoms with Gasteiger partial charge < -0.3 is 10.4 Å². The molecule has 0 heterocycles. The average molecular weight is 474 g/mol. The zero-order chi connectivity index (χ0) is 23.3. The number of aliphatic carboxylic acids is 1. The van der Waals surface area contributed by atoms with E-state index in [9.17, 15) is 18.0 Å². The van der Waals surface area contributed by atoms with Crippen molar-refractivity contribution in [2.45, 2.75) is 76.5 Å². The van der Waals surface area contributed by atoms with Gasteiger partial charge in [-0.3, -0.25) is 14.1 Å². The van der Waals surface area contributed by atoms with Crippen LogP contribution in [0.2, 0.25) is 0 Å². The van der Waals surface area contributed by atoms with Gasteiger partial charge in [-0.25, -0.2) is 0 Å². The number of rotatable bonds is 16. The molecule has 1 amide bonds. The second-order valence-corrected chi connectivity index (χ2v) is 10.6. The third-order valence-corrected chi connectivity index (χ3v) is 7.01. The van der Waals surface area contributed by atoms with Gasteiger partial charge in [0.25, 0.3) is 10.1 Å². The Morgan fingerprint density at radius 1 is 1.03 bits per heavy atom. The zero-order valence-corrected chi connectivity index (χ0v) is 20.1. The molecule has 0 bridgehead atoms. The Labute approximate surface area is 190 Å². The van der Waals surface area contributed by atoms with Gasteiger partial charge in [-0.05, 0) is 37.5 Å². The molecule has 0 fully saturated rings. The molecule has 1 rings (SSSR count). The smallest absolute Gasteiger partial charge is 0.307 e. The van der Waals surface area contributed by atoms with Crippen LogP contribution in [0.1, 0.15) is 70.3 Å². The Balaban J connectivity index is 2.26. The lowest BCUT2D eigenvalue weighted by atomic mass is 10.1. The molecule has 9 heteroatoms. The molecule has 1 unspecified atom stereocenters. The molecule has 3 N–H and O–H groups in total. The number of carboxylic acid groups (broad SMARTS) is 1. The first-order chi connectivity index (χ1) is 14.6. The quantitative estimate of drug-likeness (QED) is 0.172. The number of carbonyl (C=O) groups excluding carboxylic acids is 1. The molecule has 0 aliphatic rings. The number of unbranched alkanes of at least 4 members (excludes halogenated alkanes) is 7. The van der Waals surface area contributed by atoms with E-state index in [1.165, 1.54) is 11.8 Å². The highest BCUT2D eigenvalue weighted by Crippen LogP contribution is 2.30. The van der Waals surface area contributed by atoms with E-state index in [0.29, 0.717) is 18.6 Å². The van der Waals surface area contributed by atoms with Gasteiger partial charge in [0.15, 0.2) is 0 Å². The van der Waals surface area contributed by atoms with Gasteiger partial charge in [0.2, 0.25) is 5.91 Å². The van der Waals surface area contributed by atoms with Crippen molar-refractivity contribution in [3.05, 3.63) is 23.8 Å². The molecule has 0 aliphatic heterocycles. The molecule has 0 aliphatic carbocycles.